The van der Waals surface area contributed by atoms with Crippen LogP contribution in [0, 0.1) is 15.9 Å². The van der Waals surface area contributed by atoms with Crippen molar-refractivity contribution < 1.29 is 24.0 Å². The van der Waals surface area contributed by atoms with Gasteiger partial charge in [0.2, 0.25) is 11.7 Å². The van der Waals surface area contributed by atoms with Gasteiger partial charge in [0, 0.05) is 24.5 Å². The Morgan fingerprint density at radius 1 is 1.52 bits per heavy atom. The molecule has 0 saturated carbocycles. The van der Waals surface area contributed by atoms with E-state index in [4.69, 9.17) is 5.11 Å². The van der Waals surface area contributed by atoms with Crippen LogP contribution in [0.3, 0.4) is 0 Å². The Balaban J connectivity index is 2.59. The predicted octanol–water partition coefficient (Wildman–Crippen LogP) is 1.56. The molecular formula is C12H13FN2O5S. The highest BCUT2D eigenvalue weighted by molar-refractivity contribution is 7.98. The van der Waals surface area contributed by atoms with Crippen molar-refractivity contribution in [3.05, 3.63) is 39.7 Å². The molecular weight excluding hydrogens is 303 g/mol. The summed E-state index contributed by atoms with van der Waals surface area (Å²) in [5.74, 6) is -2.17. The second-order valence-corrected chi connectivity index (χ2v) is 5.18. The summed E-state index contributed by atoms with van der Waals surface area (Å²) in [6.07, 6.45) is 0. The number of aliphatic carboxylic acids is 1. The SMILES string of the molecule is CC(=O)N[C@@H](CSCc1ccc([N+](=O)[O-])c(F)c1)C(=O)O. The standard InChI is InChI=1S/C12H13FN2O5S/c1-7(16)14-10(12(17)18)6-21-5-8-2-3-11(15(19)20)9(13)4-8/h2-4,10H,5-6H2,1H3,(H,14,16)(H,17,18)/t10-/m0/s1. The molecule has 1 amide bonds. The highest BCUT2D eigenvalue weighted by Crippen LogP contribution is 2.21. The van der Waals surface area contributed by atoms with E-state index >= 15 is 0 Å². The maximum atomic E-state index is 13.4. The third-order valence-corrected chi connectivity index (χ3v) is 3.54. The summed E-state index contributed by atoms with van der Waals surface area (Å²) in [6, 6.07) is 2.48. The normalized spacial score (nSPS) is 11.7. The Morgan fingerprint density at radius 2 is 2.19 bits per heavy atom. The molecule has 0 fully saturated rings. The molecule has 0 heterocycles. The summed E-state index contributed by atoms with van der Waals surface area (Å²) in [6.45, 7) is 1.21. The second kappa shape index (κ2) is 7.58. The van der Waals surface area contributed by atoms with Gasteiger partial charge in [-0.15, -0.1) is 0 Å². The van der Waals surface area contributed by atoms with Gasteiger partial charge in [0.25, 0.3) is 0 Å². The minimum absolute atomic E-state index is 0.105. The van der Waals surface area contributed by atoms with Gasteiger partial charge in [-0.1, -0.05) is 6.07 Å². The average Bonchev–Trinajstić information content (AvgIpc) is 2.36. The number of rotatable bonds is 7. The van der Waals surface area contributed by atoms with Gasteiger partial charge in [0.15, 0.2) is 0 Å². The topological polar surface area (TPSA) is 110 Å². The van der Waals surface area contributed by atoms with Crippen LogP contribution >= 0.6 is 11.8 Å². The lowest BCUT2D eigenvalue weighted by atomic mass is 10.2. The van der Waals surface area contributed by atoms with Crippen molar-refractivity contribution in [2.24, 2.45) is 0 Å². The molecule has 1 aromatic rings. The van der Waals surface area contributed by atoms with Crippen molar-refractivity contribution in [2.45, 2.75) is 18.7 Å². The number of hydrogen-bond acceptors (Lipinski definition) is 5. The van der Waals surface area contributed by atoms with Crippen molar-refractivity contribution in [3.8, 4) is 0 Å². The Bertz CT molecular complexity index is 567. The number of nitrogens with one attached hydrogen (secondary N) is 1. The maximum absolute atomic E-state index is 13.4. The van der Waals surface area contributed by atoms with E-state index in [0.29, 0.717) is 5.56 Å². The van der Waals surface area contributed by atoms with Crippen molar-refractivity contribution in [3.63, 3.8) is 0 Å². The number of carboxylic acids is 1. The van der Waals surface area contributed by atoms with Gasteiger partial charge in [-0.25, -0.2) is 4.79 Å². The van der Waals surface area contributed by atoms with Crippen LogP contribution in [0.25, 0.3) is 0 Å². The zero-order valence-corrected chi connectivity index (χ0v) is 11.9. The molecule has 0 aliphatic heterocycles. The van der Waals surface area contributed by atoms with E-state index in [1.807, 2.05) is 0 Å². The first-order valence-electron chi connectivity index (χ1n) is 5.81. The third-order valence-electron chi connectivity index (χ3n) is 2.44. The molecule has 1 rings (SSSR count). The first-order valence-corrected chi connectivity index (χ1v) is 6.97. The summed E-state index contributed by atoms with van der Waals surface area (Å²) in [5.41, 5.74) is -0.111. The highest BCUT2D eigenvalue weighted by Gasteiger charge is 2.18. The second-order valence-electron chi connectivity index (χ2n) is 4.15. The molecule has 0 aromatic heterocycles. The number of benzene rings is 1. The zero-order valence-electron chi connectivity index (χ0n) is 11.0. The number of carboxylic acid groups (broad SMARTS) is 1. The van der Waals surface area contributed by atoms with Crippen molar-refractivity contribution in [1.82, 2.24) is 5.32 Å². The van der Waals surface area contributed by atoms with E-state index in [1.54, 1.807) is 0 Å². The number of hydrogen-bond donors (Lipinski definition) is 2. The first-order chi connectivity index (χ1) is 9.81. The van der Waals surface area contributed by atoms with Crippen LogP contribution in [0.5, 0.6) is 0 Å². The minimum Gasteiger partial charge on any atom is -0.480 e. The van der Waals surface area contributed by atoms with Crippen LogP contribution < -0.4 is 5.32 Å². The molecule has 1 atom stereocenters. The van der Waals surface area contributed by atoms with E-state index in [-0.39, 0.29) is 11.5 Å². The molecule has 1 aromatic carbocycles. The predicted molar refractivity (Wildman–Crippen MR) is 74.5 cm³/mol. The molecule has 0 radical (unpaired) electrons. The van der Waals surface area contributed by atoms with E-state index in [2.05, 4.69) is 5.32 Å². The Kier molecular flexibility index (Phi) is 6.10. The van der Waals surface area contributed by atoms with E-state index in [9.17, 15) is 24.1 Å². The molecule has 9 heteroatoms. The number of carbonyl (C=O) groups is 2. The monoisotopic (exact) mass is 316 g/mol. The Labute approximate surface area is 123 Å². The van der Waals surface area contributed by atoms with Gasteiger partial charge < -0.3 is 10.4 Å². The van der Waals surface area contributed by atoms with Crippen molar-refractivity contribution >= 4 is 29.3 Å². The molecule has 0 saturated heterocycles. The van der Waals surface area contributed by atoms with E-state index in [0.717, 1.165) is 12.1 Å². The fraction of sp³-hybridized carbons (Fsp3) is 0.333. The first kappa shape index (κ1) is 16.9. The van der Waals surface area contributed by atoms with Gasteiger partial charge in [0.05, 0.1) is 4.92 Å². The van der Waals surface area contributed by atoms with Crippen LogP contribution in [0.2, 0.25) is 0 Å². The van der Waals surface area contributed by atoms with Crippen molar-refractivity contribution in [1.29, 1.82) is 0 Å². The number of nitro benzene ring substituents is 1. The fourth-order valence-corrected chi connectivity index (χ4v) is 2.50. The highest BCUT2D eigenvalue weighted by atomic mass is 32.2. The van der Waals surface area contributed by atoms with Crippen LogP contribution in [0.15, 0.2) is 18.2 Å². The third kappa shape index (κ3) is 5.38. The van der Waals surface area contributed by atoms with Gasteiger partial charge in [0.1, 0.15) is 6.04 Å². The van der Waals surface area contributed by atoms with Gasteiger partial charge in [-0.05, 0) is 11.6 Å². The molecule has 0 aliphatic rings. The zero-order chi connectivity index (χ0) is 16.0. The summed E-state index contributed by atoms with van der Waals surface area (Å²) in [7, 11) is 0. The molecule has 0 bridgehead atoms. The Morgan fingerprint density at radius 3 is 2.67 bits per heavy atom. The largest absolute Gasteiger partial charge is 0.480 e. The molecule has 0 unspecified atom stereocenters. The van der Waals surface area contributed by atoms with Crippen LogP contribution in [0.4, 0.5) is 10.1 Å². The number of carbonyl (C=O) groups excluding carboxylic acids is 1. The molecule has 2 N–H and O–H groups in total. The van der Waals surface area contributed by atoms with E-state index in [1.165, 1.54) is 24.8 Å². The lowest BCUT2D eigenvalue weighted by Gasteiger charge is -2.12. The summed E-state index contributed by atoms with van der Waals surface area (Å²) >= 11 is 1.18. The number of nitro groups is 1. The molecule has 21 heavy (non-hydrogen) atoms. The molecule has 0 spiro atoms. The Hall–Kier alpha value is -2.16. The van der Waals surface area contributed by atoms with Crippen LogP contribution in [-0.4, -0.2) is 33.7 Å². The summed E-state index contributed by atoms with van der Waals surface area (Å²) in [5, 5.41) is 21.6. The summed E-state index contributed by atoms with van der Waals surface area (Å²) in [4.78, 5) is 31.4. The van der Waals surface area contributed by atoms with Gasteiger partial charge >= 0.3 is 11.7 Å². The minimum atomic E-state index is -1.16. The van der Waals surface area contributed by atoms with Crippen molar-refractivity contribution in [2.75, 3.05) is 5.75 Å². The average molecular weight is 316 g/mol. The van der Waals surface area contributed by atoms with Crippen LogP contribution in [-0.2, 0) is 15.3 Å². The summed E-state index contributed by atoms with van der Waals surface area (Å²) < 4.78 is 13.4. The number of nitrogens with zero attached hydrogens (tertiary/aromatic N) is 1. The lowest BCUT2D eigenvalue weighted by molar-refractivity contribution is -0.387. The molecule has 0 aliphatic carbocycles. The maximum Gasteiger partial charge on any atom is 0.327 e. The lowest BCUT2D eigenvalue weighted by Crippen LogP contribution is -2.41. The smallest absolute Gasteiger partial charge is 0.327 e. The van der Waals surface area contributed by atoms with Gasteiger partial charge in [-0.3, -0.25) is 14.9 Å². The van der Waals surface area contributed by atoms with E-state index < -0.39 is 34.3 Å². The fourth-order valence-electron chi connectivity index (χ4n) is 1.50. The number of thioether (sulfide) groups is 1. The van der Waals surface area contributed by atoms with Gasteiger partial charge in [-0.2, -0.15) is 16.2 Å². The molecule has 7 nitrogen and oxygen atoms in total. The molecule has 114 valence electrons. The number of amides is 1. The number of halogens is 1. The quantitative estimate of drug-likeness (QED) is 0.583. The van der Waals surface area contributed by atoms with Crippen LogP contribution in [0.1, 0.15) is 12.5 Å².